The normalized spacial score (nSPS) is 22.7. The lowest BCUT2D eigenvalue weighted by atomic mass is 10.1. The van der Waals surface area contributed by atoms with Crippen LogP contribution in [-0.4, -0.2) is 53.3 Å². The fraction of sp³-hybridized carbons (Fsp3) is 0.579. The maximum Gasteiger partial charge on any atom is 0.410 e. The van der Waals surface area contributed by atoms with Crippen molar-refractivity contribution in [3.8, 4) is 0 Å². The number of rotatable bonds is 2. The number of likely N-dealkylation sites (tertiary alicyclic amines) is 2. The first-order chi connectivity index (χ1) is 11.8. The van der Waals surface area contributed by atoms with E-state index in [1.807, 2.05) is 51.1 Å². The summed E-state index contributed by atoms with van der Waals surface area (Å²) in [5.74, 6) is 0.303. The van der Waals surface area contributed by atoms with Gasteiger partial charge in [-0.15, -0.1) is 0 Å². The van der Waals surface area contributed by atoms with Crippen molar-refractivity contribution in [2.45, 2.75) is 45.4 Å². The van der Waals surface area contributed by atoms with E-state index in [1.165, 1.54) is 0 Å². The number of fused-ring (bicyclic) bond motifs is 1. The van der Waals surface area contributed by atoms with E-state index >= 15 is 0 Å². The van der Waals surface area contributed by atoms with Crippen molar-refractivity contribution < 1.29 is 19.1 Å². The minimum absolute atomic E-state index is 0.0239. The summed E-state index contributed by atoms with van der Waals surface area (Å²) in [5, 5.41) is 0. The van der Waals surface area contributed by atoms with Crippen molar-refractivity contribution in [3.05, 3.63) is 35.9 Å². The minimum atomic E-state index is -0.511. The second-order valence-electron chi connectivity index (χ2n) is 7.74. The van der Waals surface area contributed by atoms with Crippen LogP contribution in [0.4, 0.5) is 9.59 Å². The quantitative estimate of drug-likeness (QED) is 0.825. The number of carbonyl (C=O) groups excluding carboxylic acids is 2. The van der Waals surface area contributed by atoms with Crippen LogP contribution in [0.3, 0.4) is 0 Å². The molecule has 1 aromatic rings. The molecule has 25 heavy (non-hydrogen) atoms. The molecule has 6 heteroatoms. The van der Waals surface area contributed by atoms with Gasteiger partial charge in [-0.1, -0.05) is 30.3 Å². The summed E-state index contributed by atoms with van der Waals surface area (Å²) in [6, 6.07) is 9.66. The molecule has 0 saturated carbocycles. The number of carbonyl (C=O) groups is 2. The van der Waals surface area contributed by atoms with Gasteiger partial charge in [-0.05, 0) is 32.8 Å². The second-order valence-corrected chi connectivity index (χ2v) is 7.74. The van der Waals surface area contributed by atoms with Crippen LogP contribution < -0.4 is 0 Å². The summed E-state index contributed by atoms with van der Waals surface area (Å²) in [6.45, 7) is 7.68. The molecule has 2 amide bonds. The lowest BCUT2D eigenvalue weighted by Gasteiger charge is -2.26. The van der Waals surface area contributed by atoms with E-state index in [2.05, 4.69) is 0 Å². The van der Waals surface area contributed by atoms with E-state index < -0.39 is 5.60 Å². The van der Waals surface area contributed by atoms with Crippen LogP contribution in [0.1, 0.15) is 32.8 Å². The summed E-state index contributed by atoms with van der Waals surface area (Å²) in [7, 11) is 0. The van der Waals surface area contributed by atoms with E-state index in [4.69, 9.17) is 9.47 Å². The van der Waals surface area contributed by atoms with Crippen molar-refractivity contribution >= 4 is 12.2 Å². The topological polar surface area (TPSA) is 59.1 Å². The Morgan fingerprint density at radius 1 is 1.12 bits per heavy atom. The molecule has 2 aliphatic heterocycles. The number of hydrogen-bond donors (Lipinski definition) is 0. The first kappa shape index (κ1) is 17.6. The molecule has 0 radical (unpaired) electrons. The number of nitrogens with zero attached hydrogens (tertiary/aromatic N) is 2. The highest BCUT2D eigenvalue weighted by Crippen LogP contribution is 2.32. The van der Waals surface area contributed by atoms with Gasteiger partial charge in [-0.2, -0.15) is 0 Å². The Kier molecular flexibility index (Phi) is 4.88. The van der Waals surface area contributed by atoms with Gasteiger partial charge in [0.2, 0.25) is 0 Å². The summed E-state index contributed by atoms with van der Waals surface area (Å²) in [4.78, 5) is 28.2. The zero-order chi connectivity index (χ0) is 18.0. The minimum Gasteiger partial charge on any atom is -0.445 e. The first-order valence-electron chi connectivity index (χ1n) is 8.79. The monoisotopic (exact) mass is 346 g/mol. The third-order valence-corrected chi connectivity index (χ3v) is 4.64. The number of benzene rings is 1. The Bertz CT molecular complexity index is 626. The highest BCUT2D eigenvalue weighted by Gasteiger charge is 2.46. The van der Waals surface area contributed by atoms with E-state index in [0.29, 0.717) is 25.6 Å². The summed E-state index contributed by atoms with van der Waals surface area (Å²) < 4.78 is 10.9. The van der Waals surface area contributed by atoms with E-state index in [1.54, 1.807) is 9.80 Å². The Morgan fingerprint density at radius 3 is 2.52 bits per heavy atom. The third-order valence-electron chi connectivity index (χ3n) is 4.64. The molecular formula is C19H26N2O4. The molecule has 2 atom stereocenters. The molecule has 0 N–H and O–H groups in total. The molecular weight excluding hydrogens is 320 g/mol. The van der Waals surface area contributed by atoms with Crippen LogP contribution in [0, 0.1) is 5.92 Å². The number of ether oxygens (including phenoxy) is 2. The molecule has 2 aliphatic rings. The maximum absolute atomic E-state index is 12.4. The van der Waals surface area contributed by atoms with Crippen molar-refractivity contribution in [3.63, 3.8) is 0 Å². The van der Waals surface area contributed by atoms with E-state index in [9.17, 15) is 9.59 Å². The summed E-state index contributed by atoms with van der Waals surface area (Å²) in [5.41, 5.74) is 0.455. The molecule has 2 saturated heterocycles. The van der Waals surface area contributed by atoms with Gasteiger partial charge >= 0.3 is 12.2 Å². The lowest BCUT2D eigenvalue weighted by Crippen LogP contribution is -2.42. The first-order valence-corrected chi connectivity index (χ1v) is 8.79. The molecule has 2 heterocycles. The third kappa shape index (κ3) is 4.24. The van der Waals surface area contributed by atoms with Crippen molar-refractivity contribution in [2.75, 3.05) is 19.6 Å². The Balaban J connectivity index is 1.55. The van der Waals surface area contributed by atoms with Crippen LogP contribution in [-0.2, 0) is 16.1 Å². The maximum atomic E-state index is 12.4. The molecule has 0 aliphatic carbocycles. The molecule has 6 nitrogen and oxygen atoms in total. The van der Waals surface area contributed by atoms with Gasteiger partial charge < -0.3 is 19.3 Å². The van der Waals surface area contributed by atoms with Gasteiger partial charge in [-0.3, -0.25) is 0 Å². The highest BCUT2D eigenvalue weighted by molar-refractivity contribution is 5.71. The predicted molar refractivity (Wildman–Crippen MR) is 93.0 cm³/mol. The van der Waals surface area contributed by atoms with Gasteiger partial charge in [0.1, 0.15) is 12.2 Å². The van der Waals surface area contributed by atoms with Crippen LogP contribution in [0.5, 0.6) is 0 Å². The average molecular weight is 346 g/mol. The summed E-state index contributed by atoms with van der Waals surface area (Å²) in [6.07, 6.45) is 0.284. The summed E-state index contributed by atoms with van der Waals surface area (Å²) >= 11 is 0. The van der Waals surface area contributed by atoms with Crippen molar-refractivity contribution in [1.82, 2.24) is 9.80 Å². The molecule has 0 unspecified atom stereocenters. The zero-order valence-corrected chi connectivity index (χ0v) is 15.1. The fourth-order valence-electron chi connectivity index (χ4n) is 3.47. The van der Waals surface area contributed by atoms with Gasteiger partial charge in [-0.25, -0.2) is 9.59 Å². The van der Waals surface area contributed by atoms with Gasteiger partial charge in [0.15, 0.2) is 0 Å². The smallest absolute Gasteiger partial charge is 0.410 e. The second kappa shape index (κ2) is 6.94. The molecule has 0 aromatic heterocycles. The molecule has 2 fully saturated rings. The fourth-order valence-corrected chi connectivity index (χ4v) is 3.47. The van der Waals surface area contributed by atoms with Gasteiger partial charge in [0.25, 0.3) is 0 Å². The zero-order valence-electron chi connectivity index (χ0n) is 15.1. The Hall–Kier alpha value is -2.24. The standard InChI is InChI=1S/C19H26N2O4/c1-19(2,3)25-17(22)20-11-15-9-10-21(16(15)12-20)18(23)24-13-14-7-5-4-6-8-14/h4-8,15-16H,9-13H2,1-3H3/t15-,16+/m1/s1. The van der Waals surface area contributed by atoms with Crippen LogP contribution in [0.15, 0.2) is 30.3 Å². The molecule has 0 bridgehead atoms. The van der Waals surface area contributed by atoms with E-state index in [-0.39, 0.29) is 24.8 Å². The van der Waals surface area contributed by atoms with Crippen LogP contribution in [0.2, 0.25) is 0 Å². The molecule has 3 rings (SSSR count). The molecule has 0 spiro atoms. The molecule has 136 valence electrons. The lowest BCUT2D eigenvalue weighted by molar-refractivity contribution is 0.0267. The molecule has 1 aromatic carbocycles. The Labute approximate surface area is 148 Å². The van der Waals surface area contributed by atoms with Gasteiger partial charge in [0, 0.05) is 25.6 Å². The van der Waals surface area contributed by atoms with Crippen LogP contribution >= 0.6 is 0 Å². The van der Waals surface area contributed by atoms with Gasteiger partial charge in [0.05, 0.1) is 6.04 Å². The average Bonchev–Trinajstić information content (AvgIpc) is 3.12. The van der Waals surface area contributed by atoms with E-state index in [0.717, 1.165) is 12.0 Å². The highest BCUT2D eigenvalue weighted by atomic mass is 16.6. The van der Waals surface area contributed by atoms with Crippen molar-refractivity contribution in [2.24, 2.45) is 5.92 Å². The Morgan fingerprint density at radius 2 is 1.84 bits per heavy atom. The SMILES string of the molecule is CC(C)(C)OC(=O)N1C[C@H]2CCN(C(=O)OCc3ccccc3)[C@H]2C1. The van der Waals surface area contributed by atoms with Crippen molar-refractivity contribution in [1.29, 1.82) is 0 Å². The number of amides is 2. The number of hydrogen-bond acceptors (Lipinski definition) is 4. The largest absolute Gasteiger partial charge is 0.445 e. The predicted octanol–water partition coefficient (Wildman–Crippen LogP) is 3.26. The van der Waals surface area contributed by atoms with Crippen LogP contribution in [0.25, 0.3) is 0 Å².